The van der Waals surface area contributed by atoms with Crippen molar-refractivity contribution >= 4 is 36.2 Å². The molecule has 15 nitrogen and oxygen atoms in total. The van der Waals surface area contributed by atoms with Gasteiger partial charge in [0.25, 0.3) is 18.3 Å². The number of carbonyl (C=O) groups is 4. The number of nitrogens with one attached hydrogen (secondary N) is 1. The summed E-state index contributed by atoms with van der Waals surface area (Å²) in [4.78, 5) is 57.5. The molecule has 3 amide bonds. The van der Waals surface area contributed by atoms with Crippen LogP contribution in [0.3, 0.4) is 0 Å². The minimum absolute atomic E-state index is 0.0995. The second-order valence-electron chi connectivity index (χ2n) is 10.3. The number of benzene rings is 1. The summed E-state index contributed by atoms with van der Waals surface area (Å²) in [6.45, 7) is 2.11. The molecule has 4 aliphatic rings. The second-order valence-corrected chi connectivity index (χ2v) is 10.3. The molecule has 2 unspecified atom stereocenters. The van der Waals surface area contributed by atoms with Crippen LogP contribution in [0, 0.1) is 5.82 Å². The molecule has 43 heavy (non-hydrogen) atoms. The molecular weight excluding hydrogens is 571 g/mol. The van der Waals surface area contributed by atoms with Gasteiger partial charge in [-0.3, -0.25) is 14.5 Å². The maximum Gasteiger partial charge on any atom is 0.415 e. The second kappa shape index (κ2) is 13.1. The largest absolute Gasteiger partial charge is 0.492 e. The van der Waals surface area contributed by atoms with E-state index in [0.717, 1.165) is 5.56 Å². The Morgan fingerprint density at radius 3 is 2.81 bits per heavy atom. The first kappa shape index (κ1) is 29.8. The summed E-state index contributed by atoms with van der Waals surface area (Å²) in [6.07, 6.45) is 2.00. The van der Waals surface area contributed by atoms with E-state index in [1.807, 2.05) is 13.1 Å². The molecule has 0 spiro atoms. The van der Waals surface area contributed by atoms with Crippen LogP contribution in [0.15, 0.2) is 18.3 Å². The van der Waals surface area contributed by atoms with E-state index in [0.29, 0.717) is 63.4 Å². The number of ether oxygens (including phenoxy) is 4. The van der Waals surface area contributed by atoms with Gasteiger partial charge in [-0.05, 0) is 43.5 Å². The number of nitrogens with zero attached hydrogens (tertiary/aromatic N) is 5. The van der Waals surface area contributed by atoms with Gasteiger partial charge in [0.1, 0.15) is 30.9 Å². The van der Waals surface area contributed by atoms with E-state index >= 15 is 0 Å². The lowest BCUT2D eigenvalue weighted by Gasteiger charge is -2.25. The van der Waals surface area contributed by atoms with Crippen molar-refractivity contribution in [3.63, 3.8) is 0 Å². The molecule has 6 rings (SSSR count). The molecule has 2 atom stereocenters. The van der Waals surface area contributed by atoms with Crippen LogP contribution in [-0.2, 0) is 31.9 Å². The molecule has 2 N–H and O–H groups in total. The van der Waals surface area contributed by atoms with Crippen molar-refractivity contribution in [2.45, 2.75) is 31.4 Å². The predicted octanol–water partition coefficient (Wildman–Crippen LogP) is 1.29. The molecule has 2 aromatic rings. The molecule has 16 heteroatoms. The van der Waals surface area contributed by atoms with Gasteiger partial charge in [-0.25, -0.2) is 23.9 Å². The molecule has 4 heterocycles. The Balaban J connectivity index is 0.00000118. The Morgan fingerprint density at radius 1 is 1.23 bits per heavy atom. The SMILES string of the molecule is CN(CCC1CN(c2cnc3c(n2)NC(=O)CO3)C(=O)O1)C1Cc2cc(OCCN3CCOC3=O)cc(F)c2C1.O=CO. The number of carboxylic acid groups (broad SMARTS) is 1. The van der Waals surface area contributed by atoms with Crippen LogP contribution in [-0.4, -0.2) is 115 Å². The lowest BCUT2D eigenvalue weighted by Crippen LogP contribution is -2.35. The normalized spacial score (nSPS) is 20.4. The fraction of sp³-hybridized carbons (Fsp3) is 0.481. The summed E-state index contributed by atoms with van der Waals surface area (Å²) in [5.41, 5.74) is 1.60. The summed E-state index contributed by atoms with van der Waals surface area (Å²) < 4.78 is 36.3. The highest BCUT2D eigenvalue weighted by Crippen LogP contribution is 2.32. The number of hydrogen-bond donors (Lipinski definition) is 2. The Labute approximate surface area is 245 Å². The van der Waals surface area contributed by atoms with Gasteiger partial charge < -0.3 is 39.2 Å². The van der Waals surface area contributed by atoms with E-state index in [-0.39, 0.29) is 67.2 Å². The smallest absolute Gasteiger partial charge is 0.415 e. The van der Waals surface area contributed by atoms with Crippen LogP contribution in [0.1, 0.15) is 17.5 Å². The van der Waals surface area contributed by atoms with Gasteiger partial charge >= 0.3 is 12.2 Å². The Kier molecular flexibility index (Phi) is 9.04. The van der Waals surface area contributed by atoms with Crippen molar-refractivity contribution < 1.29 is 47.6 Å². The monoisotopic (exact) mass is 602 g/mol. The van der Waals surface area contributed by atoms with Gasteiger partial charge in [-0.2, -0.15) is 0 Å². The molecule has 2 fully saturated rings. The lowest BCUT2D eigenvalue weighted by atomic mass is 10.1. The van der Waals surface area contributed by atoms with E-state index in [1.165, 1.54) is 17.2 Å². The van der Waals surface area contributed by atoms with Crippen LogP contribution in [0.4, 0.5) is 25.6 Å². The molecular formula is C27H31FN6O9. The predicted molar refractivity (Wildman–Crippen MR) is 146 cm³/mol. The number of fused-ring (bicyclic) bond motifs is 2. The zero-order chi connectivity index (χ0) is 30.5. The number of carbonyl (C=O) groups excluding carboxylic acids is 3. The van der Waals surface area contributed by atoms with Gasteiger partial charge in [-0.15, -0.1) is 0 Å². The Morgan fingerprint density at radius 2 is 2.05 bits per heavy atom. The molecule has 3 aliphatic heterocycles. The molecule has 1 aliphatic carbocycles. The molecule has 0 radical (unpaired) electrons. The van der Waals surface area contributed by atoms with Crippen molar-refractivity contribution in [2.24, 2.45) is 0 Å². The number of anilines is 2. The number of rotatable bonds is 9. The highest BCUT2D eigenvalue weighted by molar-refractivity contribution is 5.94. The van der Waals surface area contributed by atoms with E-state index in [4.69, 9.17) is 28.8 Å². The molecule has 2 saturated heterocycles. The fourth-order valence-corrected chi connectivity index (χ4v) is 5.31. The van der Waals surface area contributed by atoms with E-state index in [9.17, 15) is 18.8 Å². The minimum atomic E-state index is -0.533. The average molecular weight is 603 g/mol. The van der Waals surface area contributed by atoms with Crippen LogP contribution < -0.4 is 19.7 Å². The quantitative estimate of drug-likeness (QED) is 0.395. The van der Waals surface area contributed by atoms with Gasteiger partial charge in [0.2, 0.25) is 0 Å². The zero-order valence-corrected chi connectivity index (χ0v) is 23.4. The number of cyclic esters (lactones) is 2. The summed E-state index contributed by atoms with van der Waals surface area (Å²) in [5, 5.41) is 9.47. The van der Waals surface area contributed by atoms with Crippen molar-refractivity contribution in [2.75, 3.05) is 63.3 Å². The number of halogens is 1. The maximum absolute atomic E-state index is 14.9. The van der Waals surface area contributed by atoms with Crippen LogP contribution in [0.2, 0.25) is 0 Å². The molecule has 0 bridgehead atoms. The first-order valence-corrected chi connectivity index (χ1v) is 13.7. The highest BCUT2D eigenvalue weighted by Gasteiger charge is 2.35. The summed E-state index contributed by atoms with van der Waals surface area (Å²) in [5.74, 6) is 0.453. The zero-order valence-electron chi connectivity index (χ0n) is 23.4. The molecule has 230 valence electrons. The van der Waals surface area contributed by atoms with Gasteiger partial charge in [0, 0.05) is 18.7 Å². The number of amides is 3. The third kappa shape index (κ3) is 6.85. The number of hydrogen-bond acceptors (Lipinski definition) is 11. The lowest BCUT2D eigenvalue weighted by molar-refractivity contribution is -0.123. The number of aromatic nitrogens is 2. The highest BCUT2D eigenvalue weighted by atomic mass is 19.1. The first-order valence-electron chi connectivity index (χ1n) is 13.7. The van der Waals surface area contributed by atoms with E-state index < -0.39 is 6.09 Å². The van der Waals surface area contributed by atoms with Crippen molar-refractivity contribution in [3.05, 3.63) is 35.3 Å². The first-order chi connectivity index (χ1) is 20.7. The molecule has 1 aromatic heterocycles. The van der Waals surface area contributed by atoms with Crippen LogP contribution >= 0.6 is 0 Å². The summed E-state index contributed by atoms with van der Waals surface area (Å²) in [7, 11) is 1.98. The van der Waals surface area contributed by atoms with Crippen molar-refractivity contribution in [1.29, 1.82) is 0 Å². The van der Waals surface area contributed by atoms with Gasteiger partial charge in [-0.1, -0.05) is 0 Å². The minimum Gasteiger partial charge on any atom is -0.492 e. The van der Waals surface area contributed by atoms with Crippen molar-refractivity contribution in [1.82, 2.24) is 19.8 Å². The summed E-state index contributed by atoms with van der Waals surface area (Å²) in [6, 6.07) is 3.37. The van der Waals surface area contributed by atoms with Crippen molar-refractivity contribution in [3.8, 4) is 11.6 Å². The van der Waals surface area contributed by atoms with Gasteiger partial charge in [0.05, 0.1) is 25.8 Å². The van der Waals surface area contributed by atoms with Crippen LogP contribution in [0.25, 0.3) is 0 Å². The average Bonchev–Trinajstić information content (AvgIpc) is 3.70. The molecule has 1 aromatic carbocycles. The topological polar surface area (TPSA) is 173 Å². The fourth-order valence-electron chi connectivity index (χ4n) is 5.31. The van der Waals surface area contributed by atoms with Crippen LogP contribution in [0.5, 0.6) is 11.6 Å². The Hall–Kier alpha value is -4.73. The summed E-state index contributed by atoms with van der Waals surface area (Å²) >= 11 is 0. The third-order valence-corrected chi connectivity index (χ3v) is 7.53. The third-order valence-electron chi connectivity index (χ3n) is 7.53. The van der Waals surface area contributed by atoms with E-state index in [1.54, 1.807) is 4.90 Å². The maximum atomic E-state index is 14.9. The molecule has 0 saturated carbocycles. The standard InChI is InChI=1S/C26H29FN6O7.CH2O2/c1-31(3-2-17-13-33(26(36)40-17)21-12-28-24-23(29-21)30-22(34)14-39-24)16-8-15-9-18(11-20(27)19(15)10-16)37-6-4-32-5-7-38-25(32)35;2-1-3/h9,11-12,16-17H,2-8,10,13-14H2,1H3,(H,29,30,34);1H,(H,2,3). The number of likely N-dealkylation sites (N-methyl/N-ethyl adjacent to an activating group) is 1. The Bertz CT molecular complexity index is 1390. The van der Waals surface area contributed by atoms with E-state index in [2.05, 4.69) is 20.2 Å². The van der Waals surface area contributed by atoms with Gasteiger partial charge in [0.15, 0.2) is 18.2 Å².